The third-order valence-corrected chi connectivity index (χ3v) is 4.15. The van der Waals surface area contributed by atoms with Crippen molar-refractivity contribution in [1.29, 1.82) is 0 Å². The quantitative estimate of drug-likeness (QED) is 0.526. The maximum absolute atomic E-state index is 12.7. The second kappa shape index (κ2) is 8.08. The summed E-state index contributed by atoms with van der Waals surface area (Å²) in [7, 11) is 4.59. The molecule has 1 aliphatic heterocycles. The van der Waals surface area contributed by atoms with Crippen LogP contribution in [-0.4, -0.2) is 33.7 Å². The van der Waals surface area contributed by atoms with Gasteiger partial charge in [0.2, 0.25) is 11.5 Å². The number of carbonyl (C=O) groups excluding carboxylic acids is 1. The number of fused-ring (bicyclic) bond motifs is 1. The molecule has 0 atom stereocenters. The van der Waals surface area contributed by atoms with Crippen molar-refractivity contribution in [2.24, 2.45) is 0 Å². The van der Waals surface area contributed by atoms with Crippen LogP contribution in [0.15, 0.2) is 48.2 Å². The minimum atomic E-state index is -0.210. The highest BCUT2D eigenvalue weighted by molar-refractivity contribution is 6.14. The van der Waals surface area contributed by atoms with Gasteiger partial charge in [0.05, 0.1) is 26.9 Å². The van der Waals surface area contributed by atoms with E-state index in [2.05, 4.69) is 6.58 Å². The van der Waals surface area contributed by atoms with E-state index in [1.807, 2.05) is 6.92 Å². The van der Waals surface area contributed by atoms with Crippen LogP contribution >= 0.6 is 0 Å². The molecule has 0 fully saturated rings. The molecule has 6 nitrogen and oxygen atoms in total. The molecule has 3 rings (SSSR count). The van der Waals surface area contributed by atoms with Gasteiger partial charge in [-0.05, 0) is 42.8 Å². The lowest BCUT2D eigenvalue weighted by Gasteiger charge is -2.14. The molecule has 0 bridgehead atoms. The SMILES string of the molecule is C=C(C)COc1ccc2c(c1)O/C(=C\c1ccc(OC)c(OC)c1OC)C2=O. The lowest BCUT2D eigenvalue weighted by molar-refractivity contribution is 0.101. The summed E-state index contributed by atoms with van der Waals surface area (Å²) in [5.74, 6) is 2.47. The van der Waals surface area contributed by atoms with Crippen molar-refractivity contribution in [2.45, 2.75) is 6.92 Å². The van der Waals surface area contributed by atoms with Crippen LogP contribution in [0.25, 0.3) is 6.08 Å². The highest BCUT2D eigenvalue weighted by Gasteiger charge is 2.28. The van der Waals surface area contributed by atoms with Crippen LogP contribution in [0.1, 0.15) is 22.8 Å². The molecule has 1 aliphatic rings. The average Bonchev–Trinajstić information content (AvgIpc) is 3.00. The van der Waals surface area contributed by atoms with Gasteiger partial charge < -0.3 is 23.7 Å². The second-order valence-electron chi connectivity index (χ2n) is 6.27. The van der Waals surface area contributed by atoms with E-state index >= 15 is 0 Å². The average molecular weight is 382 g/mol. The zero-order chi connectivity index (χ0) is 20.3. The van der Waals surface area contributed by atoms with Gasteiger partial charge in [0.15, 0.2) is 17.3 Å². The Morgan fingerprint density at radius 3 is 2.46 bits per heavy atom. The topological polar surface area (TPSA) is 63.2 Å². The number of allylic oxidation sites excluding steroid dienone is 1. The van der Waals surface area contributed by atoms with Gasteiger partial charge >= 0.3 is 0 Å². The number of Topliss-reactive ketones (excluding diaryl/α,β-unsaturated/α-hetero) is 1. The van der Waals surface area contributed by atoms with Crippen molar-refractivity contribution in [2.75, 3.05) is 27.9 Å². The molecule has 6 heteroatoms. The summed E-state index contributed by atoms with van der Waals surface area (Å²) in [5.41, 5.74) is 2.02. The summed E-state index contributed by atoms with van der Waals surface area (Å²) >= 11 is 0. The molecule has 0 saturated heterocycles. The van der Waals surface area contributed by atoms with E-state index in [9.17, 15) is 4.79 Å². The van der Waals surface area contributed by atoms with Gasteiger partial charge in [-0.15, -0.1) is 0 Å². The number of benzene rings is 2. The first-order chi connectivity index (χ1) is 13.5. The monoisotopic (exact) mass is 382 g/mol. The largest absolute Gasteiger partial charge is 0.493 e. The molecule has 0 aliphatic carbocycles. The molecular formula is C22H22O6. The Morgan fingerprint density at radius 1 is 1.07 bits per heavy atom. The molecule has 0 spiro atoms. The van der Waals surface area contributed by atoms with Crippen LogP contribution < -0.4 is 23.7 Å². The number of hydrogen-bond donors (Lipinski definition) is 0. The summed E-state index contributed by atoms with van der Waals surface area (Å²) in [5, 5.41) is 0. The fraction of sp³-hybridized carbons (Fsp3) is 0.227. The van der Waals surface area contributed by atoms with E-state index in [0.29, 0.717) is 46.5 Å². The van der Waals surface area contributed by atoms with Crippen molar-refractivity contribution < 1.29 is 28.5 Å². The van der Waals surface area contributed by atoms with Crippen LogP contribution in [0, 0.1) is 0 Å². The van der Waals surface area contributed by atoms with Gasteiger partial charge in [-0.2, -0.15) is 0 Å². The van der Waals surface area contributed by atoms with Gasteiger partial charge in [0.1, 0.15) is 18.1 Å². The van der Waals surface area contributed by atoms with E-state index in [-0.39, 0.29) is 11.5 Å². The van der Waals surface area contributed by atoms with Gasteiger partial charge in [0, 0.05) is 11.6 Å². The van der Waals surface area contributed by atoms with E-state index in [4.69, 9.17) is 23.7 Å². The second-order valence-corrected chi connectivity index (χ2v) is 6.27. The number of carbonyl (C=O) groups is 1. The summed E-state index contributed by atoms with van der Waals surface area (Å²) in [6.45, 7) is 6.09. The number of hydrogen-bond acceptors (Lipinski definition) is 6. The summed E-state index contributed by atoms with van der Waals surface area (Å²) < 4.78 is 27.5. The van der Waals surface area contributed by atoms with E-state index in [1.165, 1.54) is 14.2 Å². The molecule has 1 heterocycles. The molecule has 0 unspecified atom stereocenters. The molecule has 0 amide bonds. The van der Waals surface area contributed by atoms with Crippen LogP contribution in [0.5, 0.6) is 28.7 Å². The molecule has 0 aromatic heterocycles. The van der Waals surface area contributed by atoms with Crippen LogP contribution in [0.4, 0.5) is 0 Å². The molecular weight excluding hydrogens is 360 g/mol. The zero-order valence-electron chi connectivity index (χ0n) is 16.3. The highest BCUT2D eigenvalue weighted by atomic mass is 16.5. The fourth-order valence-electron chi connectivity index (χ4n) is 2.84. The molecule has 2 aromatic carbocycles. The third-order valence-electron chi connectivity index (χ3n) is 4.15. The summed E-state index contributed by atoms with van der Waals surface area (Å²) in [4.78, 5) is 12.7. The number of methoxy groups -OCH3 is 3. The van der Waals surface area contributed by atoms with Crippen molar-refractivity contribution in [1.82, 2.24) is 0 Å². The minimum Gasteiger partial charge on any atom is -0.493 e. The first-order valence-corrected chi connectivity index (χ1v) is 8.63. The van der Waals surface area contributed by atoms with Crippen molar-refractivity contribution in [3.05, 3.63) is 59.4 Å². The van der Waals surface area contributed by atoms with Crippen molar-refractivity contribution in [3.63, 3.8) is 0 Å². The molecule has 0 saturated carbocycles. The normalized spacial score (nSPS) is 13.7. The maximum Gasteiger partial charge on any atom is 0.231 e. The number of rotatable bonds is 7. The Bertz CT molecular complexity index is 958. The third kappa shape index (κ3) is 3.67. The standard InChI is InChI=1S/C22H22O6/c1-13(2)12-27-15-7-8-16-18(11-15)28-19(20(16)23)10-14-6-9-17(24-3)22(26-5)21(14)25-4/h6-11H,1,12H2,2-5H3/b19-10-. The molecule has 0 N–H and O–H groups in total. The summed E-state index contributed by atoms with van der Waals surface area (Å²) in [6.07, 6.45) is 1.62. The van der Waals surface area contributed by atoms with Crippen LogP contribution in [0.3, 0.4) is 0 Å². The minimum absolute atomic E-state index is 0.192. The Balaban J connectivity index is 1.93. The van der Waals surface area contributed by atoms with E-state index in [1.54, 1.807) is 43.5 Å². The molecule has 0 radical (unpaired) electrons. The van der Waals surface area contributed by atoms with Gasteiger partial charge in [-0.25, -0.2) is 0 Å². The van der Waals surface area contributed by atoms with E-state index in [0.717, 1.165) is 5.57 Å². The van der Waals surface area contributed by atoms with Gasteiger partial charge in [-0.1, -0.05) is 6.58 Å². The lowest BCUT2D eigenvalue weighted by Crippen LogP contribution is -2.00. The van der Waals surface area contributed by atoms with Crippen LogP contribution in [0.2, 0.25) is 0 Å². The van der Waals surface area contributed by atoms with Gasteiger partial charge in [-0.3, -0.25) is 4.79 Å². The molecule has 146 valence electrons. The Kier molecular flexibility index (Phi) is 5.59. The van der Waals surface area contributed by atoms with E-state index < -0.39 is 0 Å². The Labute approximate surface area is 163 Å². The predicted octanol–water partition coefficient (Wildman–Crippen LogP) is 4.28. The maximum atomic E-state index is 12.7. The van der Waals surface area contributed by atoms with Crippen molar-refractivity contribution in [3.8, 4) is 28.7 Å². The smallest absolute Gasteiger partial charge is 0.231 e. The van der Waals surface area contributed by atoms with Gasteiger partial charge in [0.25, 0.3) is 0 Å². The lowest BCUT2D eigenvalue weighted by atomic mass is 10.1. The first kappa shape index (κ1) is 19.4. The molecule has 2 aromatic rings. The summed E-state index contributed by atoms with van der Waals surface area (Å²) in [6, 6.07) is 8.64. The Morgan fingerprint density at radius 2 is 1.82 bits per heavy atom. The predicted molar refractivity (Wildman–Crippen MR) is 106 cm³/mol. The number of ketones is 1. The fourth-order valence-corrected chi connectivity index (χ4v) is 2.84. The van der Waals surface area contributed by atoms with Crippen molar-refractivity contribution >= 4 is 11.9 Å². The Hall–Kier alpha value is -3.41. The van der Waals surface area contributed by atoms with Crippen LogP contribution in [-0.2, 0) is 0 Å². The molecule has 28 heavy (non-hydrogen) atoms. The first-order valence-electron chi connectivity index (χ1n) is 8.63. The zero-order valence-corrected chi connectivity index (χ0v) is 16.3. The number of ether oxygens (including phenoxy) is 5. The highest BCUT2D eigenvalue weighted by Crippen LogP contribution is 2.42.